The van der Waals surface area contributed by atoms with Crippen LogP contribution >= 0.6 is 24.0 Å². The summed E-state index contributed by atoms with van der Waals surface area (Å²) in [5.74, 6) is 0.810. The molecule has 2 aromatic carbocycles. The maximum absolute atomic E-state index is 5.47. The minimum atomic E-state index is 0.708. The van der Waals surface area contributed by atoms with Gasteiger partial charge in [0.1, 0.15) is 10.7 Å². The second-order valence-electron chi connectivity index (χ2n) is 3.89. The van der Waals surface area contributed by atoms with Gasteiger partial charge in [-0.05, 0) is 24.3 Å². The third-order valence-corrected chi connectivity index (χ3v) is 4.23. The molecule has 90 valence electrons. The number of hydrogen-bond acceptors (Lipinski definition) is 3. The lowest BCUT2D eigenvalue weighted by Gasteiger charge is -2.11. The highest BCUT2D eigenvalue weighted by Gasteiger charge is 2.20. The molecule has 2 nitrogen and oxygen atoms in total. The van der Waals surface area contributed by atoms with Crippen molar-refractivity contribution < 1.29 is 4.74 Å². The van der Waals surface area contributed by atoms with E-state index in [1.807, 2.05) is 30.3 Å². The maximum atomic E-state index is 5.47. The Labute approximate surface area is 115 Å². The normalized spacial score (nSPS) is 13.1. The van der Waals surface area contributed by atoms with Crippen molar-refractivity contribution in [3.8, 4) is 5.75 Å². The van der Waals surface area contributed by atoms with Crippen LogP contribution in [0.1, 0.15) is 5.56 Å². The Morgan fingerprint density at radius 3 is 2.67 bits per heavy atom. The molecule has 0 amide bonds. The van der Waals surface area contributed by atoms with E-state index in [4.69, 9.17) is 17.0 Å². The summed E-state index contributed by atoms with van der Waals surface area (Å²) in [5.41, 5.74) is 2.02. The van der Waals surface area contributed by atoms with Crippen LogP contribution in [0.25, 0.3) is 0 Å². The molecule has 0 aromatic heterocycles. The minimum absolute atomic E-state index is 0.708. The molecule has 0 unspecified atom stereocenters. The molecule has 3 rings (SSSR count). The maximum Gasteiger partial charge on any atom is 0.130 e. The molecule has 1 aliphatic rings. The van der Waals surface area contributed by atoms with Crippen molar-refractivity contribution in [1.29, 1.82) is 0 Å². The second kappa shape index (κ2) is 4.63. The summed E-state index contributed by atoms with van der Waals surface area (Å²) in [6.45, 7) is 0. The van der Waals surface area contributed by atoms with Gasteiger partial charge in [-0.2, -0.15) is 0 Å². The van der Waals surface area contributed by atoms with E-state index in [-0.39, 0.29) is 0 Å². The van der Waals surface area contributed by atoms with Crippen LogP contribution in [0.5, 0.6) is 5.75 Å². The van der Waals surface area contributed by atoms with Crippen LogP contribution in [0.15, 0.2) is 52.3 Å². The van der Waals surface area contributed by atoms with Gasteiger partial charge in [-0.3, -0.25) is 0 Å². The van der Waals surface area contributed by atoms with Crippen molar-refractivity contribution in [2.24, 2.45) is 0 Å². The fourth-order valence-electron chi connectivity index (χ4n) is 1.95. The van der Waals surface area contributed by atoms with E-state index in [2.05, 4.69) is 17.4 Å². The number of benzene rings is 2. The van der Waals surface area contributed by atoms with Gasteiger partial charge in [0.15, 0.2) is 0 Å². The van der Waals surface area contributed by atoms with Gasteiger partial charge in [0.25, 0.3) is 0 Å². The monoisotopic (exact) mass is 273 g/mol. The molecule has 0 saturated heterocycles. The predicted molar refractivity (Wildman–Crippen MR) is 78.9 cm³/mol. The Bertz CT molecular complexity index is 625. The number of para-hydroxylation sites is 1. The highest BCUT2D eigenvalue weighted by molar-refractivity contribution is 7.99. The zero-order valence-electron chi connectivity index (χ0n) is 9.77. The van der Waals surface area contributed by atoms with E-state index in [1.165, 1.54) is 4.90 Å². The van der Waals surface area contributed by atoms with Crippen LogP contribution in [0.4, 0.5) is 5.69 Å². The van der Waals surface area contributed by atoms with Gasteiger partial charge in [-0.15, -0.1) is 0 Å². The predicted octanol–water partition coefficient (Wildman–Crippen LogP) is 3.95. The first-order valence-electron chi connectivity index (χ1n) is 5.55. The molecule has 0 radical (unpaired) electrons. The highest BCUT2D eigenvalue weighted by atomic mass is 32.2. The number of hydrogen-bond donors (Lipinski definition) is 1. The summed E-state index contributed by atoms with van der Waals surface area (Å²) in [6, 6.07) is 14.1. The number of methoxy groups -OCH3 is 1. The molecule has 0 atom stereocenters. The molecule has 0 bridgehead atoms. The minimum Gasteiger partial charge on any atom is -0.496 e. The summed E-state index contributed by atoms with van der Waals surface area (Å²) in [5, 5.41) is 3.28. The van der Waals surface area contributed by atoms with Gasteiger partial charge in [-0.25, -0.2) is 0 Å². The zero-order valence-corrected chi connectivity index (χ0v) is 11.4. The Morgan fingerprint density at radius 2 is 1.83 bits per heavy atom. The third kappa shape index (κ3) is 1.87. The molecule has 2 aromatic rings. The van der Waals surface area contributed by atoms with Gasteiger partial charge in [0.05, 0.1) is 18.4 Å². The number of rotatable bonds is 1. The first kappa shape index (κ1) is 11.6. The van der Waals surface area contributed by atoms with E-state index in [0.717, 1.165) is 21.9 Å². The number of fused-ring (bicyclic) bond motifs is 2. The van der Waals surface area contributed by atoms with E-state index in [0.29, 0.717) is 4.99 Å². The standard InChI is InChI=1S/C14H11NOS2/c1-16-10-6-4-8-12-13(10)14(17)15-9-5-2-3-7-11(9)18-12/h2-8H,1H3,(H,15,17). The lowest BCUT2D eigenvalue weighted by molar-refractivity contribution is 0.413. The number of ether oxygens (including phenoxy) is 1. The Kier molecular flexibility index (Phi) is 2.97. The summed E-state index contributed by atoms with van der Waals surface area (Å²) in [6.07, 6.45) is 0. The van der Waals surface area contributed by atoms with Crippen molar-refractivity contribution in [3.63, 3.8) is 0 Å². The van der Waals surface area contributed by atoms with E-state index < -0.39 is 0 Å². The van der Waals surface area contributed by atoms with Gasteiger partial charge in [0, 0.05) is 9.79 Å². The fraction of sp³-hybridized carbons (Fsp3) is 0.0714. The first-order chi connectivity index (χ1) is 8.79. The Balaban J connectivity index is 2.19. The lowest BCUT2D eigenvalue weighted by atomic mass is 10.2. The number of thiocarbonyl (C=S) groups is 1. The summed E-state index contributed by atoms with van der Waals surface area (Å²) in [4.78, 5) is 3.00. The Morgan fingerprint density at radius 1 is 1.06 bits per heavy atom. The van der Waals surface area contributed by atoms with Gasteiger partial charge < -0.3 is 10.1 Å². The molecule has 0 saturated carbocycles. The average Bonchev–Trinajstić information content (AvgIpc) is 2.54. The molecule has 1 N–H and O–H groups in total. The van der Waals surface area contributed by atoms with E-state index in [1.54, 1.807) is 18.9 Å². The summed E-state index contributed by atoms with van der Waals surface area (Å²) < 4.78 is 5.40. The SMILES string of the molecule is COc1cccc2c1C(=S)Nc1ccccc1S2. The van der Waals surface area contributed by atoms with Crippen molar-refractivity contribution in [2.75, 3.05) is 12.4 Å². The zero-order chi connectivity index (χ0) is 12.5. The average molecular weight is 273 g/mol. The highest BCUT2D eigenvalue weighted by Crippen LogP contribution is 2.41. The quantitative estimate of drug-likeness (QED) is 0.794. The van der Waals surface area contributed by atoms with E-state index in [9.17, 15) is 0 Å². The van der Waals surface area contributed by atoms with Crippen LogP contribution in [-0.2, 0) is 0 Å². The van der Waals surface area contributed by atoms with Crippen LogP contribution in [0.3, 0.4) is 0 Å². The molecule has 4 heteroatoms. The molecule has 1 aliphatic heterocycles. The topological polar surface area (TPSA) is 21.3 Å². The molecule has 0 spiro atoms. The smallest absolute Gasteiger partial charge is 0.130 e. The molecule has 1 heterocycles. The van der Waals surface area contributed by atoms with Crippen LogP contribution in [0, 0.1) is 0 Å². The molecule has 18 heavy (non-hydrogen) atoms. The molecular formula is C14H11NOS2. The third-order valence-electron chi connectivity index (χ3n) is 2.79. The van der Waals surface area contributed by atoms with Crippen molar-refractivity contribution in [2.45, 2.75) is 9.79 Å². The van der Waals surface area contributed by atoms with Gasteiger partial charge in [-0.1, -0.05) is 42.2 Å². The molecule has 0 fully saturated rings. The molecular weight excluding hydrogens is 262 g/mol. The summed E-state index contributed by atoms with van der Waals surface area (Å²) in [7, 11) is 1.67. The first-order valence-corrected chi connectivity index (χ1v) is 6.77. The largest absolute Gasteiger partial charge is 0.496 e. The van der Waals surface area contributed by atoms with Crippen LogP contribution in [-0.4, -0.2) is 12.1 Å². The number of anilines is 1. The summed E-state index contributed by atoms with van der Waals surface area (Å²) >= 11 is 7.18. The van der Waals surface area contributed by atoms with Gasteiger partial charge >= 0.3 is 0 Å². The van der Waals surface area contributed by atoms with Crippen LogP contribution < -0.4 is 10.1 Å². The van der Waals surface area contributed by atoms with Crippen molar-refractivity contribution in [3.05, 3.63) is 48.0 Å². The van der Waals surface area contributed by atoms with E-state index >= 15 is 0 Å². The fourth-order valence-corrected chi connectivity index (χ4v) is 3.40. The van der Waals surface area contributed by atoms with Crippen LogP contribution in [0.2, 0.25) is 0 Å². The second-order valence-corrected chi connectivity index (χ2v) is 5.38. The number of nitrogens with one attached hydrogen (secondary N) is 1. The Hall–Kier alpha value is -1.52. The molecule has 0 aliphatic carbocycles. The van der Waals surface area contributed by atoms with Crippen molar-refractivity contribution in [1.82, 2.24) is 0 Å². The van der Waals surface area contributed by atoms with Crippen molar-refractivity contribution >= 4 is 34.7 Å². The lowest BCUT2D eigenvalue weighted by Crippen LogP contribution is -2.11. The van der Waals surface area contributed by atoms with Gasteiger partial charge in [0.2, 0.25) is 0 Å².